The molecular weight excluding hydrogens is 384 g/mol. The van der Waals surface area contributed by atoms with Crippen LogP contribution in [-0.4, -0.2) is 53.7 Å². The van der Waals surface area contributed by atoms with Crippen molar-refractivity contribution in [2.75, 3.05) is 13.1 Å². The van der Waals surface area contributed by atoms with Gasteiger partial charge >= 0.3 is 0 Å². The Bertz CT molecular complexity index is 924. The second-order valence-electron chi connectivity index (χ2n) is 8.76. The summed E-state index contributed by atoms with van der Waals surface area (Å²) in [6, 6.07) is 4.82. The number of fused-ring (bicyclic) bond motifs is 1. The third kappa shape index (κ3) is 3.33. The summed E-state index contributed by atoms with van der Waals surface area (Å²) < 4.78 is 0. The van der Waals surface area contributed by atoms with Crippen LogP contribution in [0, 0.1) is 11.8 Å². The van der Waals surface area contributed by atoms with Gasteiger partial charge in [0.1, 0.15) is 6.04 Å². The molecule has 3 N–H and O–H groups in total. The van der Waals surface area contributed by atoms with Crippen LogP contribution in [0.4, 0.5) is 0 Å². The predicted molar refractivity (Wildman–Crippen MR) is 107 cm³/mol. The Morgan fingerprint density at radius 2 is 1.83 bits per heavy atom. The number of nitrogens with one attached hydrogen (secondary N) is 3. The van der Waals surface area contributed by atoms with Gasteiger partial charge in [0, 0.05) is 19.0 Å². The SMILES string of the molecule is O=C1CCC(N2C(=O)c3cccc(CN[C@@H]4C[C@H]4C4CCNCC4)c3C2=O)C(=O)N1. The van der Waals surface area contributed by atoms with Gasteiger partial charge in [-0.1, -0.05) is 12.1 Å². The molecule has 3 atom stereocenters. The van der Waals surface area contributed by atoms with E-state index in [1.54, 1.807) is 12.1 Å². The molecule has 3 heterocycles. The number of hydrogen-bond acceptors (Lipinski definition) is 6. The maximum atomic E-state index is 13.1. The van der Waals surface area contributed by atoms with Crippen LogP contribution in [0.1, 0.15) is 58.4 Å². The molecule has 0 radical (unpaired) electrons. The van der Waals surface area contributed by atoms with Crippen LogP contribution in [0.3, 0.4) is 0 Å². The van der Waals surface area contributed by atoms with E-state index in [1.807, 2.05) is 6.07 Å². The Balaban J connectivity index is 1.29. The molecule has 1 unspecified atom stereocenters. The quantitative estimate of drug-likeness (QED) is 0.613. The summed E-state index contributed by atoms with van der Waals surface area (Å²) in [7, 11) is 0. The molecule has 158 valence electrons. The molecule has 1 saturated carbocycles. The molecule has 0 spiro atoms. The van der Waals surface area contributed by atoms with Gasteiger partial charge in [0.25, 0.3) is 11.8 Å². The van der Waals surface area contributed by atoms with E-state index in [2.05, 4.69) is 16.0 Å². The van der Waals surface area contributed by atoms with Gasteiger partial charge in [0.15, 0.2) is 0 Å². The molecule has 8 nitrogen and oxygen atoms in total. The molecule has 8 heteroatoms. The van der Waals surface area contributed by atoms with Gasteiger partial charge in [-0.15, -0.1) is 0 Å². The van der Waals surface area contributed by atoms with Crippen molar-refractivity contribution in [3.63, 3.8) is 0 Å². The van der Waals surface area contributed by atoms with E-state index in [0.29, 0.717) is 29.6 Å². The third-order valence-electron chi connectivity index (χ3n) is 6.94. The van der Waals surface area contributed by atoms with Gasteiger partial charge in [0.2, 0.25) is 11.8 Å². The Hall–Kier alpha value is -2.58. The highest BCUT2D eigenvalue weighted by molar-refractivity contribution is 6.24. The normalized spacial score (nSPS) is 29.2. The smallest absolute Gasteiger partial charge is 0.262 e. The van der Waals surface area contributed by atoms with Gasteiger partial charge in [-0.05, 0) is 62.2 Å². The molecular formula is C22H26N4O4. The first kappa shape index (κ1) is 19.4. The summed E-state index contributed by atoms with van der Waals surface area (Å²) in [5.41, 5.74) is 1.52. The highest BCUT2D eigenvalue weighted by Gasteiger charge is 2.46. The van der Waals surface area contributed by atoms with E-state index in [0.717, 1.165) is 35.9 Å². The molecule has 1 aromatic carbocycles. The summed E-state index contributed by atoms with van der Waals surface area (Å²) >= 11 is 0. The minimum Gasteiger partial charge on any atom is -0.317 e. The van der Waals surface area contributed by atoms with Crippen LogP contribution >= 0.6 is 0 Å². The number of benzene rings is 1. The molecule has 3 aliphatic heterocycles. The molecule has 4 aliphatic rings. The summed E-state index contributed by atoms with van der Waals surface area (Å²) in [6.45, 7) is 2.71. The van der Waals surface area contributed by atoms with Crippen LogP contribution in [0.5, 0.6) is 0 Å². The molecule has 2 saturated heterocycles. The van der Waals surface area contributed by atoms with Crippen LogP contribution in [0.25, 0.3) is 0 Å². The van der Waals surface area contributed by atoms with E-state index < -0.39 is 23.8 Å². The van der Waals surface area contributed by atoms with E-state index >= 15 is 0 Å². The summed E-state index contributed by atoms with van der Waals surface area (Å²) in [4.78, 5) is 50.7. The molecule has 1 aliphatic carbocycles. The average molecular weight is 410 g/mol. The van der Waals surface area contributed by atoms with Gasteiger partial charge in [-0.3, -0.25) is 29.4 Å². The maximum Gasteiger partial charge on any atom is 0.262 e. The Morgan fingerprint density at radius 1 is 1.03 bits per heavy atom. The van der Waals surface area contributed by atoms with E-state index in [1.165, 1.54) is 12.8 Å². The van der Waals surface area contributed by atoms with Crippen LogP contribution in [0.2, 0.25) is 0 Å². The number of carbonyl (C=O) groups is 4. The topological polar surface area (TPSA) is 108 Å². The lowest BCUT2D eigenvalue weighted by molar-refractivity contribution is -0.136. The van der Waals surface area contributed by atoms with Gasteiger partial charge in [-0.2, -0.15) is 0 Å². The molecule has 0 aromatic heterocycles. The second kappa shape index (κ2) is 7.59. The standard InChI is InChI=1S/C22H26N4O4/c27-18-5-4-17(20(28)25-18)26-21(29)14-3-1-2-13(19(14)22(26)30)11-24-16-10-15(16)12-6-8-23-9-7-12/h1-3,12,15-17,23-24H,4-11H2,(H,25,27,28)/t15-,16+,17?/m0/s1. The van der Waals surface area contributed by atoms with Gasteiger partial charge in [-0.25, -0.2) is 0 Å². The van der Waals surface area contributed by atoms with Crippen molar-refractivity contribution in [3.8, 4) is 0 Å². The first-order chi connectivity index (χ1) is 14.5. The van der Waals surface area contributed by atoms with Crippen LogP contribution < -0.4 is 16.0 Å². The van der Waals surface area contributed by atoms with Crippen molar-refractivity contribution in [2.45, 2.75) is 50.7 Å². The van der Waals surface area contributed by atoms with Crippen LogP contribution in [-0.2, 0) is 16.1 Å². The monoisotopic (exact) mass is 410 g/mol. The summed E-state index contributed by atoms with van der Waals surface area (Å²) in [6.07, 6.45) is 3.89. The van der Waals surface area contributed by atoms with Gasteiger partial charge < -0.3 is 10.6 Å². The molecule has 1 aromatic rings. The minimum absolute atomic E-state index is 0.123. The fourth-order valence-electron chi connectivity index (χ4n) is 5.22. The molecule has 3 fully saturated rings. The molecule has 5 rings (SSSR count). The van der Waals surface area contributed by atoms with E-state index in [9.17, 15) is 19.2 Å². The number of rotatable bonds is 5. The maximum absolute atomic E-state index is 13.1. The predicted octanol–water partition coefficient (Wildman–Crippen LogP) is 0.566. The number of hydrogen-bond donors (Lipinski definition) is 3. The Labute approximate surface area is 174 Å². The van der Waals surface area contributed by atoms with Crippen molar-refractivity contribution in [3.05, 3.63) is 34.9 Å². The lowest BCUT2D eigenvalue weighted by Crippen LogP contribution is -2.54. The van der Waals surface area contributed by atoms with Crippen molar-refractivity contribution in [2.24, 2.45) is 11.8 Å². The zero-order chi connectivity index (χ0) is 20.8. The average Bonchev–Trinajstić information content (AvgIpc) is 3.48. The highest BCUT2D eigenvalue weighted by Crippen LogP contribution is 2.41. The number of piperidine rings is 2. The van der Waals surface area contributed by atoms with E-state index in [-0.39, 0.29) is 18.7 Å². The fraction of sp³-hybridized carbons (Fsp3) is 0.545. The number of imide groups is 2. The minimum atomic E-state index is -0.927. The van der Waals surface area contributed by atoms with Crippen molar-refractivity contribution >= 4 is 23.6 Å². The Kier molecular flexibility index (Phi) is 4.91. The molecule has 4 amide bonds. The highest BCUT2D eigenvalue weighted by atomic mass is 16.2. The number of nitrogens with zero attached hydrogens (tertiary/aromatic N) is 1. The second-order valence-corrected chi connectivity index (χ2v) is 8.76. The largest absolute Gasteiger partial charge is 0.317 e. The zero-order valence-electron chi connectivity index (χ0n) is 16.8. The summed E-state index contributed by atoms with van der Waals surface area (Å²) in [5, 5.41) is 9.20. The lowest BCUT2D eigenvalue weighted by atomic mass is 9.93. The number of carbonyl (C=O) groups excluding carboxylic acids is 4. The first-order valence-electron chi connectivity index (χ1n) is 10.8. The van der Waals surface area contributed by atoms with Crippen LogP contribution in [0.15, 0.2) is 18.2 Å². The summed E-state index contributed by atoms with van der Waals surface area (Å²) in [5.74, 6) is -0.385. The van der Waals surface area contributed by atoms with Gasteiger partial charge in [0.05, 0.1) is 11.1 Å². The lowest BCUT2D eigenvalue weighted by Gasteiger charge is -2.27. The van der Waals surface area contributed by atoms with Crippen molar-refractivity contribution in [1.82, 2.24) is 20.9 Å². The van der Waals surface area contributed by atoms with E-state index in [4.69, 9.17) is 0 Å². The fourth-order valence-corrected chi connectivity index (χ4v) is 5.22. The molecule has 0 bridgehead atoms. The number of amides is 4. The third-order valence-corrected chi connectivity index (χ3v) is 6.94. The van der Waals surface area contributed by atoms with Crippen molar-refractivity contribution in [1.29, 1.82) is 0 Å². The Morgan fingerprint density at radius 3 is 2.60 bits per heavy atom. The van der Waals surface area contributed by atoms with Crippen molar-refractivity contribution < 1.29 is 19.2 Å². The molecule has 30 heavy (non-hydrogen) atoms. The zero-order valence-corrected chi connectivity index (χ0v) is 16.8. The first-order valence-corrected chi connectivity index (χ1v) is 10.8.